The highest BCUT2D eigenvalue weighted by Gasteiger charge is 2.14. The minimum Gasteiger partial charge on any atom is -0.318 e. The fourth-order valence-electron chi connectivity index (χ4n) is 3.12. The highest BCUT2D eigenvalue weighted by molar-refractivity contribution is 6.39. The first-order valence-electron chi connectivity index (χ1n) is 9.43. The molecule has 154 valence electrons. The normalized spacial score (nSPS) is 11.0. The molecule has 0 spiro atoms. The van der Waals surface area contributed by atoms with Crippen LogP contribution in [0, 0.1) is 33.5 Å². The fraction of sp³-hybridized carbons (Fsp3) is 0.174. The SMILES string of the molecule is Cc1ccc(NC(=O)C(=O)N/N=C\c2cc(C)n(-c3ccc(F)cc3)c2C)cc1C. The third-order valence-electron chi connectivity index (χ3n) is 4.90. The molecule has 2 amide bonds. The van der Waals surface area contributed by atoms with Gasteiger partial charge in [-0.25, -0.2) is 9.82 Å². The van der Waals surface area contributed by atoms with Crippen LogP contribution in [0.15, 0.2) is 53.6 Å². The number of aryl methyl sites for hydroxylation is 3. The van der Waals surface area contributed by atoms with Crippen molar-refractivity contribution in [2.45, 2.75) is 27.7 Å². The second kappa shape index (κ2) is 8.73. The lowest BCUT2D eigenvalue weighted by Crippen LogP contribution is -2.32. The van der Waals surface area contributed by atoms with E-state index in [2.05, 4.69) is 15.8 Å². The Kier molecular flexibility index (Phi) is 6.11. The molecule has 7 heteroatoms. The van der Waals surface area contributed by atoms with E-state index in [9.17, 15) is 14.0 Å². The largest absolute Gasteiger partial charge is 0.329 e. The number of hydrogen-bond acceptors (Lipinski definition) is 3. The van der Waals surface area contributed by atoms with Gasteiger partial charge in [-0.2, -0.15) is 5.10 Å². The highest BCUT2D eigenvalue weighted by Crippen LogP contribution is 2.20. The van der Waals surface area contributed by atoms with Crippen LogP contribution >= 0.6 is 0 Å². The zero-order valence-corrected chi connectivity index (χ0v) is 17.3. The minimum atomic E-state index is -0.864. The first kappa shape index (κ1) is 21.0. The number of carbonyl (C=O) groups is 2. The quantitative estimate of drug-likeness (QED) is 0.391. The van der Waals surface area contributed by atoms with Crippen molar-refractivity contribution in [2.75, 3.05) is 5.32 Å². The summed E-state index contributed by atoms with van der Waals surface area (Å²) in [6, 6.07) is 13.5. The molecule has 0 aliphatic heterocycles. The molecule has 0 aliphatic rings. The third-order valence-corrected chi connectivity index (χ3v) is 4.90. The molecule has 3 rings (SSSR count). The van der Waals surface area contributed by atoms with Crippen LogP contribution < -0.4 is 10.7 Å². The van der Waals surface area contributed by atoms with Crippen LogP contribution in [-0.2, 0) is 9.59 Å². The molecule has 30 heavy (non-hydrogen) atoms. The molecule has 0 fully saturated rings. The molecule has 0 atom stereocenters. The van der Waals surface area contributed by atoms with Crippen molar-refractivity contribution in [3.63, 3.8) is 0 Å². The molecule has 0 unspecified atom stereocenters. The third kappa shape index (κ3) is 4.63. The van der Waals surface area contributed by atoms with Crippen molar-refractivity contribution in [3.05, 3.63) is 82.4 Å². The number of halogens is 1. The highest BCUT2D eigenvalue weighted by atomic mass is 19.1. The van der Waals surface area contributed by atoms with Crippen LogP contribution in [0.4, 0.5) is 10.1 Å². The summed E-state index contributed by atoms with van der Waals surface area (Å²) in [4.78, 5) is 24.1. The zero-order chi connectivity index (χ0) is 21.8. The van der Waals surface area contributed by atoms with E-state index in [1.54, 1.807) is 24.3 Å². The summed E-state index contributed by atoms with van der Waals surface area (Å²) in [6.45, 7) is 7.71. The Morgan fingerprint density at radius 3 is 2.30 bits per heavy atom. The van der Waals surface area contributed by atoms with Crippen molar-refractivity contribution < 1.29 is 14.0 Å². The van der Waals surface area contributed by atoms with Crippen LogP contribution in [-0.4, -0.2) is 22.6 Å². The van der Waals surface area contributed by atoms with Crippen LogP contribution in [0.3, 0.4) is 0 Å². The van der Waals surface area contributed by atoms with Crippen molar-refractivity contribution in [3.8, 4) is 5.69 Å². The van der Waals surface area contributed by atoms with Crippen molar-refractivity contribution in [1.82, 2.24) is 9.99 Å². The Hall–Kier alpha value is -3.74. The van der Waals surface area contributed by atoms with Crippen molar-refractivity contribution >= 4 is 23.7 Å². The summed E-state index contributed by atoms with van der Waals surface area (Å²) in [5.74, 6) is -1.96. The Morgan fingerprint density at radius 1 is 0.933 bits per heavy atom. The first-order valence-corrected chi connectivity index (χ1v) is 9.43. The molecule has 0 bridgehead atoms. The summed E-state index contributed by atoms with van der Waals surface area (Å²) >= 11 is 0. The Bertz CT molecular complexity index is 1130. The summed E-state index contributed by atoms with van der Waals surface area (Å²) in [5, 5.41) is 6.45. The van der Waals surface area contributed by atoms with Crippen LogP contribution in [0.25, 0.3) is 5.69 Å². The molecule has 1 aromatic heterocycles. The standard InChI is InChI=1S/C23H23FN4O2/c1-14-5-8-20(11-15(14)2)26-22(29)23(30)27-25-13-18-12-16(3)28(17(18)4)21-9-6-19(24)7-10-21/h5-13H,1-4H3,(H,26,29)(H,27,30)/b25-13-. The van der Waals surface area contributed by atoms with Gasteiger partial charge in [0.25, 0.3) is 0 Å². The number of hydrazone groups is 1. The van der Waals surface area contributed by atoms with Crippen LogP contribution in [0.1, 0.15) is 28.1 Å². The summed E-state index contributed by atoms with van der Waals surface area (Å²) < 4.78 is 15.1. The van der Waals surface area contributed by atoms with Gasteiger partial charge in [-0.1, -0.05) is 6.07 Å². The predicted octanol–water partition coefficient (Wildman–Crippen LogP) is 3.94. The molecule has 0 saturated heterocycles. The second-order valence-electron chi connectivity index (χ2n) is 7.09. The van der Waals surface area contributed by atoms with Gasteiger partial charge in [0, 0.05) is 28.3 Å². The molecule has 3 aromatic rings. The van der Waals surface area contributed by atoms with E-state index in [1.807, 2.05) is 44.4 Å². The second-order valence-corrected chi connectivity index (χ2v) is 7.09. The minimum absolute atomic E-state index is 0.301. The Labute approximate surface area is 174 Å². The zero-order valence-electron chi connectivity index (χ0n) is 17.3. The van der Waals surface area contributed by atoms with Gasteiger partial charge in [0.2, 0.25) is 0 Å². The lowest BCUT2D eigenvalue weighted by Gasteiger charge is -2.09. The smallest absolute Gasteiger partial charge is 0.318 e. The van der Waals surface area contributed by atoms with Gasteiger partial charge >= 0.3 is 11.8 Å². The number of nitrogens with one attached hydrogen (secondary N) is 2. The van der Waals surface area contributed by atoms with Gasteiger partial charge in [-0.05, 0) is 81.3 Å². The maximum atomic E-state index is 13.2. The van der Waals surface area contributed by atoms with E-state index in [0.29, 0.717) is 5.69 Å². The van der Waals surface area contributed by atoms with Gasteiger partial charge in [0.1, 0.15) is 5.82 Å². The van der Waals surface area contributed by atoms with E-state index < -0.39 is 11.8 Å². The van der Waals surface area contributed by atoms with Crippen LogP contribution in [0.2, 0.25) is 0 Å². The number of amides is 2. The lowest BCUT2D eigenvalue weighted by atomic mass is 10.1. The monoisotopic (exact) mass is 406 g/mol. The molecule has 6 nitrogen and oxygen atoms in total. The maximum absolute atomic E-state index is 13.2. The molecule has 0 saturated carbocycles. The lowest BCUT2D eigenvalue weighted by molar-refractivity contribution is -0.136. The molecule has 1 heterocycles. The number of hydrogen-bond donors (Lipinski definition) is 2. The number of benzene rings is 2. The average Bonchev–Trinajstić information content (AvgIpc) is 2.99. The van der Waals surface area contributed by atoms with Crippen molar-refractivity contribution in [1.29, 1.82) is 0 Å². The summed E-state index contributed by atoms with van der Waals surface area (Å²) in [5.41, 5.74) is 8.29. The predicted molar refractivity (Wildman–Crippen MR) is 115 cm³/mol. The fourth-order valence-corrected chi connectivity index (χ4v) is 3.12. The van der Waals surface area contributed by atoms with Gasteiger partial charge in [0.05, 0.1) is 6.21 Å². The van der Waals surface area contributed by atoms with E-state index in [0.717, 1.165) is 33.8 Å². The number of anilines is 1. The van der Waals surface area contributed by atoms with Gasteiger partial charge in [-0.3, -0.25) is 9.59 Å². The number of carbonyl (C=O) groups excluding carboxylic acids is 2. The summed E-state index contributed by atoms with van der Waals surface area (Å²) in [6.07, 6.45) is 1.48. The number of nitrogens with zero attached hydrogens (tertiary/aromatic N) is 2. The van der Waals surface area contributed by atoms with E-state index in [1.165, 1.54) is 18.3 Å². The van der Waals surface area contributed by atoms with Gasteiger partial charge in [0.15, 0.2) is 0 Å². The van der Waals surface area contributed by atoms with Crippen molar-refractivity contribution in [2.24, 2.45) is 5.10 Å². The van der Waals surface area contributed by atoms with Gasteiger partial charge in [-0.15, -0.1) is 0 Å². The van der Waals surface area contributed by atoms with E-state index in [4.69, 9.17) is 0 Å². The average molecular weight is 406 g/mol. The molecule has 2 N–H and O–H groups in total. The topological polar surface area (TPSA) is 75.5 Å². The van der Waals surface area contributed by atoms with E-state index in [-0.39, 0.29) is 5.82 Å². The molecular formula is C23H23FN4O2. The molecule has 2 aromatic carbocycles. The van der Waals surface area contributed by atoms with Gasteiger partial charge < -0.3 is 9.88 Å². The van der Waals surface area contributed by atoms with Crippen LogP contribution in [0.5, 0.6) is 0 Å². The number of aromatic nitrogens is 1. The summed E-state index contributed by atoms with van der Waals surface area (Å²) in [7, 11) is 0. The first-order chi connectivity index (χ1) is 14.3. The maximum Gasteiger partial charge on any atom is 0.329 e. The number of rotatable bonds is 4. The molecule has 0 aliphatic carbocycles. The molecule has 0 radical (unpaired) electrons. The Morgan fingerprint density at radius 2 is 1.63 bits per heavy atom. The Balaban J connectivity index is 1.66. The molecular weight excluding hydrogens is 383 g/mol. The van der Waals surface area contributed by atoms with E-state index >= 15 is 0 Å².